The molecule has 8 amide bonds. The van der Waals surface area contributed by atoms with Crippen LogP contribution in [0.4, 0.5) is 37.9 Å². The Hall–Kier alpha value is -9.41. The Labute approximate surface area is 591 Å². The summed E-state index contributed by atoms with van der Waals surface area (Å²) in [6.07, 6.45) is 14.5. The maximum atomic E-state index is 14.1. The van der Waals surface area contributed by atoms with Gasteiger partial charge in [-0.15, -0.1) is 10.2 Å². The van der Waals surface area contributed by atoms with Crippen molar-refractivity contribution in [3.8, 4) is 11.1 Å². The predicted octanol–water partition coefficient (Wildman–Crippen LogP) is 9.65. The number of amides is 8. The highest BCUT2D eigenvalue weighted by atomic mass is 32.1. The van der Waals surface area contributed by atoms with Gasteiger partial charge in [0, 0.05) is 98.6 Å². The monoisotopic (exact) mass is 1400 g/mol. The van der Waals surface area contributed by atoms with E-state index in [9.17, 15) is 43.5 Å². The first-order valence-electron chi connectivity index (χ1n) is 34.9. The van der Waals surface area contributed by atoms with Crippen molar-refractivity contribution in [1.82, 2.24) is 55.7 Å². The van der Waals surface area contributed by atoms with Gasteiger partial charge >= 0.3 is 18.1 Å². The molecule has 4 aromatic heterocycles. The summed E-state index contributed by atoms with van der Waals surface area (Å²) in [5.74, 6) is -2.24. The number of ether oxygens (including phenoxy) is 3. The number of nitrogens with zero attached hydrogens (tertiary/aromatic N) is 9. The number of aromatic carboxylic acids is 1. The van der Waals surface area contributed by atoms with Gasteiger partial charge in [0.15, 0.2) is 22.5 Å². The molecule has 4 saturated carbocycles. The van der Waals surface area contributed by atoms with Crippen LogP contribution in [0, 0.1) is 41.4 Å². The lowest BCUT2D eigenvalue weighted by atomic mass is 9.35. The van der Waals surface area contributed by atoms with Gasteiger partial charge in [-0.2, -0.15) is 5.10 Å². The first-order valence-corrected chi connectivity index (χ1v) is 35.7. The molecule has 6 atom stereocenters. The molecule has 6 aromatic rings. The average molecular weight is 1400 g/mol. The van der Waals surface area contributed by atoms with Crippen LogP contribution >= 0.6 is 11.3 Å². The fourth-order valence-electron chi connectivity index (χ4n) is 17.1. The number of carboxylic acid groups (broad SMARTS) is 1. The van der Waals surface area contributed by atoms with Gasteiger partial charge in [0.05, 0.1) is 36.2 Å². The number of urea groups is 1. The number of carboxylic acids is 1. The Morgan fingerprint density at radius 1 is 0.812 bits per heavy atom. The zero-order valence-electron chi connectivity index (χ0n) is 58.7. The summed E-state index contributed by atoms with van der Waals surface area (Å²) in [5, 5.41) is 40.1. The van der Waals surface area contributed by atoms with Gasteiger partial charge in [-0.1, -0.05) is 63.3 Å². The third-order valence-electron chi connectivity index (χ3n) is 20.4. The van der Waals surface area contributed by atoms with E-state index in [2.05, 4.69) is 50.2 Å². The van der Waals surface area contributed by atoms with Crippen molar-refractivity contribution in [2.24, 2.45) is 33.3 Å². The molecule has 0 radical (unpaired) electrons. The second-order valence-corrected chi connectivity index (χ2v) is 30.2. The van der Waals surface area contributed by atoms with E-state index in [0.29, 0.717) is 73.5 Å². The Morgan fingerprint density at radius 2 is 1.54 bits per heavy atom. The van der Waals surface area contributed by atoms with Crippen LogP contribution in [0.15, 0.2) is 79.0 Å². The third-order valence-corrected chi connectivity index (χ3v) is 21.4. The van der Waals surface area contributed by atoms with Crippen molar-refractivity contribution >= 4 is 97.5 Å². The molecule has 4 bridgehead atoms. The summed E-state index contributed by atoms with van der Waals surface area (Å²) in [6.45, 7) is 15.3. The number of imide groups is 1. The van der Waals surface area contributed by atoms with E-state index < -0.39 is 59.7 Å². The second-order valence-electron chi connectivity index (χ2n) is 29.2. The number of carbonyl (C=O) groups excluding carboxylic acids is 7. The molecule has 8 N–H and O–H groups in total. The number of nitrogens with two attached hydrogens (primary N) is 1. The SMILES string of the molecule is COCCCN(CCCC12CC3(C)CC(Cn4ncc(-c5ccc(N6CCCc7c6nnc(Nc6nc8ccccc8s6)c7C)nc5C(=O)O)c4C)(C1)C[C@](C)(C3)C2)C(=O)OCc1ccc(NC(=O)[C@H](CCCNC(N)=O)NC(=O)[C@@H](NC(=O)CCOCCN2C(=O)C=CC2=O)C(C)C)cc1. The quantitative estimate of drug-likeness (QED) is 0.0149. The van der Waals surface area contributed by atoms with Gasteiger partial charge in [0.2, 0.25) is 17.7 Å². The van der Waals surface area contributed by atoms with Gasteiger partial charge < -0.3 is 61.4 Å². The Kier molecular flexibility index (Phi) is 22.5. The highest BCUT2D eigenvalue weighted by molar-refractivity contribution is 7.22. The topological polar surface area (TPSA) is 350 Å². The number of thiazole rings is 1. The number of hydrogen-bond acceptors (Lipinski definition) is 19. The number of aromatic nitrogens is 6. The van der Waals surface area contributed by atoms with Crippen LogP contribution in [-0.4, -0.2) is 164 Å². The number of carbonyl (C=O) groups is 8. The Bertz CT molecular complexity index is 4050. The number of para-hydroxylation sites is 1. The molecule has 12 rings (SSSR count). The van der Waals surface area contributed by atoms with E-state index in [4.69, 9.17) is 40.1 Å². The normalized spacial score (nSPS) is 21.0. The summed E-state index contributed by atoms with van der Waals surface area (Å²) in [4.78, 5) is 117. The van der Waals surface area contributed by atoms with Crippen LogP contribution in [0.5, 0.6) is 0 Å². The number of nitrogens with one attached hydrogen (secondary N) is 5. The first-order chi connectivity index (χ1) is 48.3. The van der Waals surface area contributed by atoms with Crippen molar-refractivity contribution in [1.29, 1.82) is 0 Å². The van der Waals surface area contributed by atoms with Crippen molar-refractivity contribution in [2.75, 3.05) is 75.2 Å². The van der Waals surface area contributed by atoms with Crippen molar-refractivity contribution in [2.45, 2.75) is 157 Å². The van der Waals surface area contributed by atoms with E-state index in [1.807, 2.05) is 55.1 Å². The zero-order valence-corrected chi connectivity index (χ0v) is 59.5. The van der Waals surface area contributed by atoms with E-state index in [0.717, 1.165) is 107 Å². The highest BCUT2D eigenvalue weighted by Gasteiger charge is 2.65. The van der Waals surface area contributed by atoms with Crippen LogP contribution in [0.2, 0.25) is 0 Å². The predicted molar refractivity (Wildman–Crippen MR) is 380 cm³/mol. The summed E-state index contributed by atoms with van der Waals surface area (Å²) < 4.78 is 20.0. The minimum atomic E-state index is -1.13. The lowest BCUT2D eigenvalue weighted by molar-refractivity contribution is -0.198. The lowest BCUT2D eigenvalue weighted by Gasteiger charge is -2.70. The second kappa shape index (κ2) is 31.2. The molecule has 3 unspecified atom stereocenters. The number of primary amides is 1. The van der Waals surface area contributed by atoms with Gasteiger partial charge in [-0.05, 0) is 167 Å². The molecular weight excluding hydrogens is 1310 g/mol. The van der Waals surface area contributed by atoms with E-state index >= 15 is 0 Å². The van der Waals surface area contributed by atoms with E-state index in [-0.39, 0.29) is 85.4 Å². The number of hydrogen-bond donors (Lipinski definition) is 7. The third kappa shape index (κ3) is 17.3. The fraction of sp³-hybridized carbons (Fsp3) is 0.521. The van der Waals surface area contributed by atoms with Crippen LogP contribution in [-0.2, 0) is 57.8 Å². The van der Waals surface area contributed by atoms with Crippen LogP contribution in [0.1, 0.15) is 144 Å². The molecule has 0 spiro atoms. The summed E-state index contributed by atoms with van der Waals surface area (Å²) in [5.41, 5.74) is 11.5. The van der Waals surface area contributed by atoms with Gasteiger partial charge in [-0.25, -0.2) is 24.4 Å². The zero-order chi connectivity index (χ0) is 71.8. The number of benzene rings is 2. The Balaban J connectivity index is 0.694. The lowest BCUT2D eigenvalue weighted by Crippen LogP contribution is -2.60. The molecule has 6 heterocycles. The molecular formula is C73H93N15O12S. The fourth-order valence-corrected chi connectivity index (χ4v) is 18.0. The first kappa shape index (κ1) is 72.8. The molecule has 2 aliphatic heterocycles. The van der Waals surface area contributed by atoms with Gasteiger partial charge in [0.1, 0.15) is 24.5 Å². The summed E-state index contributed by atoms with van der Waals surface area (Å²) in [6, 6.07) is 15.7. The van der Waals surface area contributed by atoms with E-state index in [1.54, 1.807) is 67.7 Å². The van der Waals surface area contributed by atoms with Crippen molar-refractivity contribution in [3.05, 3.63) is 107 Å². The van der Waals surface area contributed by atoms with Crippen LogP contribution in [0.25, 0.3) is 21.3 Å². The van der Waals surface area contributed by atoms with Crippen molar-refractivity contribution in [3.63, 3.8) is 0 Å². The number of fused-ring (bicyclic) bond motifs is 2. The summed E-state index contributed by atoms with van der Waals surface area (Å²) in [7, 11) is 1.64. The average Bonchev–Trinajstić information content (AvgIpc) is 0.851. The molecule has 2 aromatic carbocycles. The maximum Gasteiger partial charge on any atom is 0.410 e. The molecule has 28 heteroatoms. The standard InChI is InChI=1S/C73H93N15O12S/c1-45(2)60(81-57(89)26-34-99-35-32-87-58(90)24-25-59(87)91)65(93)78-54(16-10-28-75-67(74)96)64(92)77-49-20-18-48(19-21-49)37-100-69(97)85(30-13-33-98-7)29-12-27-72-39-70(5)38-71(6,40-72)42-73(41-70,43-72)44-88-47(4)52(36-76-88)51-22-23-56(80-61(51)66(94)95)86-31-11-14-50-46(3)62(83-84-63(50)86)82-68-79-53-15-8-9-17-55(53)101-68/h8-9,15,17-25,36,45,54,60H,10-14,16,26-35,37-44H2,1-7H3,(H,77,92)(H,78,93)(H,81,89)(H,94,95)(H3,74,75,96)(H,79,82,83)/t54-,60-,70+,71?,72?,73?/m0/s1. The van der Waals surface area contributed by atoms with Crippen LogP contribution in [0.3, 0.4) is 0 Å². The molecule has 101 heavy (non-hydrogen) atoms. The molecule has 538 valence electrons. The molecule has 27 nitrogen and oxygen atoms in total. The van der Waals surface area contributed by atoms with E-state index in [1.165, 1.54) is 12.2 Å². The smallest absolute Gasteiger partial charge is 0.410 e. The number of anilines is 5. The molecule has 6 aliphatic rings. The maximum absolute atomic E-state index is 14.1. The van der Waals surface area contributed by atoms with Crippen LogP contribution < -0.4 is 37.2 Å². The number of methoxy groups -OCH3 is 1. The van der Waals surface area contributed by atoms with Gasteiger partial charge in [-0.3, -0.25) is 33.6 Å². The Morgan fingerprint density at radius 3 is 2.26 bits per heavy atom. The number of pyridine rings is 1. The highest BCUT2D eigenvalue weighted by Crippen LogP contribution is 2.75. The molecule has 4 fully saturated rings. The minimum absolute atomic E-state index is 0.0265. The number of rotatable bonds is 33. The summed E-state index contributed by atoms with van der Waals surface area (Å²) >= 11 is 1.55. The molecule has 4 aliphatic carbocycles. The minimum Gasteiger partial charge on any atom is -0.476 e. The molecule has 0 saturated heterocycles. The van der Waals surface area contributed by atoms with Gasteiger partial charge in [0.25, 0.3) is 11.8 Å². The van der Waals surface area contributed by atoms with Crippen molar-refractivity contribution < 1.29 is 57.7 Å². The largest absolute Gasteiger partial charge is 0.476 e.